The van der Waals surface area contributed by atoms with Crippen LogP contribution in [0.4, 0.5) is 21.9 Å². The van der Waals surface area contributed by atoms with Gasteiger partial charge in [0.05, 0.1) is 5.52 Å². The van der Waals surface area contributed by atoms with Crippen molar-refractivity contribution in [1.82, 2.24) is 9.55 Å². The van der Waals surface area contributed by atoms with Gasteiger partial charge in [-0.3, -0.25) is 9.78 Å². The summed E-state index contributed by atoms with van der Waals surface area (Å²) in [5, 5.41) is 16.8. The van der Waals surface area contributed by atoms with Gasteiger partial charge in [0.1, 0.15) is 11.4 Å². The Balaban J connectivity index is 1.89. The molecule has 2 heterocycles. The quantitative estimate of drug-likeness (QED) is 0.183. The minimum atomic E-state index is -0.535. The number of pyridine rings is 2. The van der Waals surface area contributed by atoms with Gasteiger partial charge in [0, 0.05) is 41.3 Å². The maximum Gasteiger partial charge on any atom is 0.323 e. The number of amides is 2. The number of unbranched alkanes of at least 4 members (excludes halogenated alkanes) is 1. The van der Waals surface area contributed by atoms with Gasteiger partial charge in [-0.25, -0.2) is 4.79 Å². The largest absolute Gasteiger partial charge is 0.508 e. The van der Waals surface area contributed by atoms with Crippen molar-refractivity contribution in [3.8, 4) is 16.9 Å². The number of carbonyl (C=O) groups is 1. The zero-order valence-electron chi connectivity index (χ0n) is 23.2. The summed E-state index contributed by atoms with van der Waals surface area (Å²) in [6.07, 6.45) is 5.05. The second-order valence-electron chi connectivity index (χ2n) is 10.5. The molecule has 0 spiro atoms. The third-order valence-corrected chi connectivity index (χ3v) is 6.88. The number of aromatic hydroxyl groups is 1. The van der Waals surface area contributed by atoms with E-state index in [1.165, 1.54) is 0 Å². The Labute approximate surface area is 228 Å². The molecule has 0 aliphatic rings. The first-order valence-corrected chi connectivity index (χ1v) is 13.4. The van der Waals surface area contributed by atoms with Gasteiger partial charge in [-0.1, -0.05) is 53.2 Å². The number of aryl methyl sites for hydroxylation is 1. The minimum Gasteiger partial charge on any atom is -0.508 e. The number of urea groups is 1. The molecule has 0 bridgehead atoms. The number of anilines is 3. The summed E-state index contributed by atoms with van der Waals surface area (Å²) in [4.78, 5) is 31.9. The summed E-state index contributed by atoms with van der Waals surface area (Å²) in [6, 6.07) is 11.7. The first-order valence-electron chi connectivity index (χ1n) is 13.4. The van der Waals surface area contributed by atoms with Crippen LogP contribution in [0.25, 0.3) is 22.0 Å². The van der Waals surface area contributed by atoms with Crippen molar-refractivity contribution >= 4 is 34.0 Å². The number of phenolic OH excluding ortho intramolecular Hbond substituents is 1. The third-order valence-electron chi connectivity index (χ3n) is 6.88. The van der Waals surface area contributed by atoms with Crippen LogP contribution in [0.3, 0.4) is 0 Å². The standard InChI is InChI=1S/C31H37N5O3/c1-6-7-13-36-26-11-12-33-17-25(26)27(20-9-8-10-22(37)14-20)29(30(36)38)35-31(39)34-28-23(18(2)3)15-21(32)16-24(28)19(4)5/h8-12,14-19,37H,6-7,13,32H2,1-5H3,(H2,34,35,39). The van der Waals surface area contributed by atoms with E-state index < -0.39 is 6.03 Å². The summed E-state index contributed by atoms with van der Waals surface area (Å²) in [5.41, 5.74) is 11.0. The Hall–Kier alpha value is -4.33. The molecule has 0 aliphatic heterocycles. The molecule has 0 atom stereocenters. The van der Waals surface area contributed by atoms with Crippen LogP contribution in [-0.4, -0.2) is 20.7 Å². The summed E-state index contributed by atoms with van der Waals surface area (Å²) in [6.45, 7) is 10.7. The molecule has 0 saturated carbocycles. The normalized spacial score (nSPS) is 11.4. The Morgan fingerprint density at radius 1 is 1.03 bits per heavy atom. The zero-order valence-corrected chi connectivity index (χ0v) is 23.2. The van der Waals surface area contributed by atoms with E-state index >= 15 is 0 Å². The predicted molar refractivity (Wildman–Crippen MR) is 160 cm³/mol. The van der Waals surface area contributed by atoms with E-state index in [4.69, 9.17) is 5.73 Å². The molecule has 0 radical (unpaired) electrons. The fourth-order valence-corrected chi connectivity index (χ4v) is 4.94. The number of nitrogens with zero attached hydrogens (tertiary/aromatic N) is 2. The predicted octanol–water partition coefficient (Wildman–Crippen LogP) is 7.04. The number of hydrogen-bond donors (Lipinski definition) is 4. The van der Waals surface area contributed by atoms with Crippen molar-refractivity contribution in [3.63, 3.8) is 0 Å². The van der Waals surface area contributed by atoms with Crippen LogP contribution in [0, 0.1) is 0 Å². The molecule has 4 rings (SSSR count). The lowest BCUT2D eigenvalue weighted by Crippen LogP contribution is -2.30. The smallest absolute Gasteiger partial charge is 0.323 e. The van der Waals surface area contributed by atoms with Crippen LogP contribution in [0.15, 0.2) is 59.7 Å². The van der Waals surface area contributed by atoms with Crippen LogP contribution in [0.2, 0.25) is 0 Å². The van der Waals surface area contributed by atoms with Gasteiger partial charge >= 0.3 is 6.03 Å². The maximum atomic E-state index is 14.0. The lowest BCUT2D eigenvalue weighted by atomic mass is 9.92. The lowest BCUT2D eigenvalue weighted by Gasteiger charge is -2.22. The number of rotatable bonds is 8. The summed E-state index contributed by atoms with van der Waals surface area (Å²) in [5.74, 6) is 0.282. The third kappa shape index (κ3) is 5.74. The van der Waals surface area contributed by atoms with E-state index in [1.54, 1.807) is 47.3 Å². The van der Waals surface area contributed by atoms with E-state index in [2.05, 4.69) is 22.5 Å². The molecule has 2 aromatic heterocycles. The second-order valence-corrected chi connectivity index (χ2v) is 10.5. The number of phenols is 1. The highest BCUT2D eigenvalue weighted by molar-refractivity contribution is 6.08. The zero-order chi connectivity index (χ0) is 28.3. The number of benzene rings is 2. The highest BCUT2D eigenvalue weighted by Gasteiger charge is 2.22. The highest BCUT2D eigenvalue weighted by atomic mass is 16.3. The number of nitrogens with one attached hydrogen (secondary N) is 2. The lowest BCUT2D eigenvalue weighted by molar-refractivity contribution is 0.262. The topological polar surface area (TPSA) is 122 Å². The van der Waals surface area contributed by atoms with Crippen LogP contribution >= 0.6 is 0 Å². The maximum absolute atomic E-state index is 14.0. The first-order chi connectivity index (χ1) is 18.6. The monoisotopic (exact) mass is 527 g/mol. The van der Waals surface area contributed by atoms with Gasteiger partial charge in [0.15, 0.2) is 0 Å². The van der Waals surface area contributed by atoms with Crippen molar-refractivity contribution in [2.75, 3.05) is 16.4 Å². The number of nitrogens with two attached hydrogens (primary N) is 1. The van der Waals surface area contributed by atoms with E-state index in [-0.39, 0.29) is 28.8 Å². The van der Waals surface area contributed by atoms with Gasteiger partial charge in [0.2, 0.25) is 0 Å². The summed E-state index contributed by atoms with van der Waals surface area (Å²) in [7, 11) is 0. The molecule has 0 saturated heterocycles. The first kappa shape index (κ1) is 27.7. The van der Waals surface area contributed by atoms with E-state index in [0.717, 1.165) is 29.5 Å². The van der Waals surface area contributed by atoms with Crippen molar-refractivity contribution < 1.29 is 9.90 Å². The Kier molecular flexibility index (Phi) is 8.24. The average Bonchev–Trinajstić information content (AvgIpc) is 2.89. The van der Waals surface area contributed by atoms with E-state index in [1.807, 2.05) is 39.8 Å². The van der Waals surface area contributed by atoms with Crippen molar-refractivity contribution in [2.45, 2.75) is 65.8 Å². The molecule has 39 heavy (non-hydrogen) atoms. The second kappa shape index (κ2) is 11.6. The van der Waals surface area contributed by atoms with Crippen LogP contribution in [0.5, 0.6) is 5.75 Å². The number of carbonyl (C=O) groups excluding carboxylic acids is 1. The fourth-order valence-electron chi connectivity index (χ4n) is 4.94. The molecule has 204 valence electrons. The molecule has 8 nitrogen and oxygen atoms in total. The van der Waals surface area contributed by atoms with Crippen LogP contribution in [-0.2, 0) is 6.54 Å². The SMILES string of the molecule is CCCCn1c(=O)c(NC(=O)Nc2c(C(C)C)cc(N)cc2C(C)C)c(-c2cccc(O)c2)c2cnccc21. The van der Waals surface area contributed by atoms with E-state index in [9.17, 15) is 14.7 Å². The summed E-state index contributed by atoms with van der Waals surface area (Å²) >= 11 is 0. The molecule has 0 fully saturated rings. The molecular formula is C31H37N5O3. The van der Waals surface area contributed by atoms with Crippen molar-refractivity contribution in [1.29, 1.82) is 0 Å². The number of fused-ring (bicyclic) bond motifs is 1. The van der Waals surface area contributed by atoms with E-state index in [0.29, 0.717) is 34.4 Å². The molecule has 0 unspecified atom stereocenters. The van der Waals surface area contributed by atoms with Gasteiger partial charge in [0.25, 0.3) is 5.56 Å². The molecule has 5 N–H and O–H groups in total. The Morgan fingerprint density at radius 2 is 1.69 bits per heavy atom. The summed E-state index contributed by atoms with van der Waals surface area (Å²) < 4.78 is 1.69. The van der Waals surface area contributed by atoms with Crippen molar-refractivity contribution in [2.24, 2.45) is 0 Å². The van der Waals surface area contributed by atoms with Gasteiger partial charge < -0.3 is 26.0 Å². The van der Waals surface area contributed by atoms with Gasteiger partial charge in [-0.2, -0.15) is 0 Å². The minimum absolute atomic E-state index is 0.0557. The number of nitrogen functional groups attached to an aromatic ring is 1. The molecule has 0 aliphatic carbocycles. The van der Waals surface area contributed by atoms with Gasteiger partial charge in [-0.15, -0.1) is 0 Å². The molecule has 8 heteroatoms. The Bertz CT molecular complexity index is 1540. The molecular weight excluding hydrogens is 490 g/mol. The number of aromatic nitrogens is 2. The molecule has 2 amide bonds. The molecule has 4 aromatic rings. The van der Waals surface area contributed by atoms with Gasteiger partial charge in [-0.05, 0) is 65.3 Å². The fraction of sp³-hybridized carbons (Fsp3) is 0.323. The van der Waals surface area contributed by atoms with Crippen LogP contribution < -0.4 is 21.9 Å². The highest BCUT2D eigenvalue weighted by Crippen LogP contribution is 2.37. The Morgan fingerprint density at radius 3 is 2.31 bits per heavy atom. The van der Waals surface area contributed by atoms with Crippen LogP contribution in [0.1, 0.15) is 70.4 Å². The average molecular weight is 528 g/mol. The number of hydrogen-bond acceptors (Lipinski definition) is 5. The van der Waals surface area contributed by atoms with Crippen molar-refractivity contribution in [3.05, 3.63) is 76.3 Å². The molecule has 2 aromatic carbocycles.